The molecule has 1 atom stereocenters. The van der Waals surface area contributed by atoms with Crippen molar-refractivity contribution in [3.05, 3.63) is 0 Å². The zero-order chi connectivity index (χ0) is 7.98. The SMILES string of the molecule is CCCS(=O)C(CC)CC. The van der Waals surface area contributed by atoms with Gasteiger partial charge in [-0.25, -0.2) is 0 Å². The van der Waals surface area contributed by atoms with Crippen LogP contribution in [0.2, 0.25) is 0 Å². The topological polar surface area (TPSA) is 17.1 Å². The van der Waals surface area contributed by atoms with Gasteiger partial charge in [-0.3, -0.25) is 4.21 Å². The maximum Gasteiger partial charge on any atom is 0.0342 e. The lowest BCUT2D eigenvalue weighted by molar-refractivity contribution is 0.656. The summed E-state index contributed by atoms with van der Waals surface area (Å²) in [7, 11) is -0.558. The maximum atomic E-state index is 11.3. The predicted molar refractivity (Wildman–Crippen MR) is 47.7 cm³/mol. The number of hydrogen-bond acceptors (Lipinski definition) is 1. The van der Waals surface area contributed by atoms with Gasteiger partial charge in [0.05, 0.1) is 0 Å². The molecule has 0 saturated heterocycles. The second kappa shape index (κ2) is 5.90. The van der Waals surface area contributed by atoms with Crippen molar-refractivity contribution in [3.8, 4) is 0 Å². The third-order valence-corrected chi connectivity index (χ3v) is 3.91. The van der Waals surface area contributed by atoms with E-state index in [1.165, 1.54) is 0 Å². The van der Waals surface area contributed by atoms with Crippen LogP contribution in [0.4, 0.5) is 0 Å². The fourth-order valence-corrected chi connectivity index (χ4v) is 2.51. The van der Waals surface area contributed by atoms with Crippen LogP contribution in [0.25, 0.3) is 0 Å². The third-order valence-electron chi connectivity index (χ3n) is 1.69. The zero-order valence-electron chi connectivity index (χ0n) is 7.22. The summed E-state index contributed by atoms with van der Waals surface area (Å²) in [5.41, 5.74) is 0. The molecular weight excluding hydrogens is 144 g/mol. The van der Waals surface area contributed by atoms with E-state index < -0.39 is 10.8 Å². The van der Waals surface area contributed by atoms with Gasteiger partial charge in [0.25, 0.3) is 0 Å². The first kappa shape index (κ1) is 10.2. The molecule has 0 amide bonds. The Morgan fingerprint density at radius 2 is 1.70 bits per heavy atom. The molecule has 0 spiro atoms. The van der Waals surface area contributed by atoms with Crippen LogP contribution >= 0.6 is 0 Å². The highest BCUT2D eigenvalue weighted by atomic mass is 32.2. The number of hydrogen-bond donors (Lipinski definition) is 0. The van der Waals surface area contributed by atoms with Gasteiger partial charge < -0.3 is 0 Å². The van der Waals surface area contributed by atoms with Gasteiger partial charge in [0.1, 0.15) is 0 Å². The molecule has 0 rings (SSSR count). The third kappa shape index (κ3) is 3.35. The molecule has 0 aliphatic heterocycles. The summed E-state index contributed by atoms with van der Waals surface area (Å²) in [6.07, 6.45) is 3.16. The second-order valence-corrected chi connectivity index (χ2v) is 4.36. The molecule has 1 unspecified atom stereocenters. The molecule has 62 valence electrons. The van der Waals surface area contributed by atoms with Gasteiger partial charge in [0, 0.05) is 21.8 Å². The molecular formula is C8H18OS. The Morgan fingerprint density at radius 1 is 1.20 bits per heavy atom. The standard InChI is InChI=1S/C8H18OS/c1-4-7-10(9)8(5-2)6-3/h8H,4-7H2,1-3H3. The van der Waals surface area contributed by atoms with Crippen molar-refractivity contribution >= 4 is 10.8 Å². The lowest BCUT2D eigenvalue weighted by atomic mass is 10.3. The highest BCUT2D eigenvalue weighted by Crippen LogP contribution is 2.06. The van der Waals surface area contributed by atoms with Crippen LogP contribution in [0.3, 0.4) is 0 Å². The smallest absolute Gasteiger partial charge is 0.0342 e. The summed E-state index contributed by atoms with van der Waals surface area (Å²) in [6, 6.07) is 0. The summed E-state index contributed by atoms with van der Waals surface area (Å²) in [6.45, 7) is 6.31. The van der Waals surface area contributed by atoms with Gasteiger partial charge in [0.15, 0.2) is 0 Å². The Bertz CT molecular complexity index is 97.4. The van der Waals surface area contributed by atoms with Crippen LogP contribution in [-0.2, 0) is 10.8 Å². The summed E-state index contributed by atoms with van der Waals surface area (Å²) < 4.78 is 11.3. The first-order valence-corrected chi connectivity index (χ1v) is 5.51. The Kier molecular flexibility index (Phi) is 5.99. The molecule has 0 N–H and O–H groups in total. The van der Waals surface area contributed by atoms with Crippen LogP contribution < -0.4 is 0 Å². The molecule has 0 aliphatic rings. The molecule has 0 aromatic rings. The first-order valence-electron chi connectivity index (χ1n) is 4.13. The van der Waals surface area contributed by atoms with Crippen molar-refractivity contribution in [2.45, 2.75) is 45.3 Å². The quantitative estimate of drug-likeness (QED) is 0.606. The molecule has 0 aromatic heterocycles. The molecule has 0 fully saturated rings. The lowest BCUT2D eigenvalue weighted by Gasteiger charge is -2.10. The van der Waals surface area contributed by atoms with E-state index in [1.807, 2.05) is 0 Å². The summed E-state index contributed by atoms with van der Waals surface area (Å²) in [4.78, 5) is 0. The second-order valence-electron chi connectivity index (χ2n) is 2.52. The molecule has 1 nitrogen and oxygen atoms in total. The summed E-state index contributed by atoms with van der Waals surface area (Å²) >= 11 is 0. The summed E-state index contributed by atoms with van der Waals surface area (Å²) in [5, 5.41) is 0.444. The monoisotopic (exact) mass is 162 g/mol. The van der Waals surface area contributed by atoms with E-state index in [1.54, 1.807) is 0 Å². The normalized spacial score (nSPS) is 14.0. The minimum atomic E-state index is -0.558. The van der Waals surface area contributed by atoms with Crippen LogP contribution in [0, 0.1) is 0 Å². The van der Waals surface area contributed by atoms with E-state index in [2.05, 4.69) is 20.8 Å². The lowest BCUT2D eigenvalue weighted by Crippen LogP contribution is -2.15. The molecule has 0 heterocycles. The Morgan fingerprint density at radius 3 is 2.00 bits per heavy atom. The van der Waals surface area contributed by atoms with E-state index in [4.69, 9.17) is 0 Å². The predicted octanol–water partition coefficient (Wildman–Crippen LogP) is 2.33. The minimum Gasteiger partial charge on any atom is -0.259 e. The average Bonchev–Trinajstić information content (AvgIpc) is 1.91. The average molecular weight is 162 g/mol. The highest BCUT2D eigenvalue weighted by Gasteiger charge is 2.09. The highest BCUT2D eigenvalue weighted by molar-refractivity contribution is 7.85. The van der Waals surface area contributed by atoms with Crippen LogP contribution in [-0.4, -0.2) is 15.2 Å². The van der Waals surface area contributed by atoms with Gasteiger partial charge in [-0.2, -0.15) is 0 Å². The van der Waals surface area contributed by atoms with Crippen LogP contribution in [0.5, 0.6) is 0 Å². The van der Waals surface area contributed by atoms with Crippen molar-refractivity contribution in [2.24, 2.45) is 0 Å². The molecule has 0 bridgehead atoms. The van der Waals surface area contributed by atoms with Gasteiger partial charge in [0.2, 0.25) is 0 Å². The van der Waals surface area contributed by atoms with Crippen molar-refractivity contribution in [1.82, 2.24) is 0 Å². The maximum absolute atomic E-state index is 11.3. The van der Waals surface area contributed by atoms with Crippen molar-refractivity contribution in [3.63, 3.8) is 0 Å². The minimum absolute atomic E-state index is 0.444. The van der Waals surface area contributed by atoms with E-state index in [0.29, 0.717) is 5.25 Å². The molecule has 0 aliphatic carbocycles. The Balaban J connectivity index is 3.65. The van der Waals surface area contributed by atoms with Gasteiger partial charge in [-0.05, 0) is 19.3 Å². The van der Waals surface area contributed by atoms with Gasteiger partial charge >= 0.3 is 0 Å². The first-order chi connectivity index (χ1) is 4.76. The van der Waals surface area contributed by atoms with Crippen molar-refractivity contribution < 1.29 is 4.21 Å². The van der Waals surface area contributed by atoms with Crippen molar-refractivity contribution in [1.29, 1.82) is 0 Å². The van der Waals surface area contributed by atoms with Crippen LogP contribution in [0.15, 0.2) is 0 Å². The van der Waals surface area contributed by atoms with Crippen LogP contribution in [0.1, 0.15) is 40.0 Å². The van der Waals surface area contributed by atoms with E-state index in [9.17, 15) is 4.21 Å². The van der Waals surface area contributed by atoms with Gasteiger partial charge in [-0.1, -0.05) is 20.8 Å². The van der Waals surface area contributed by atoms with E-state index in [0.717, 1.165) is 25.0 Å². The molecule has 0 aromatic carbocycles. The Hall–Kier alpha value is 0.150. The Labute approximate surface area is 66.7 Å². The van der Waals surface area contributed by atoms with Crippen molar-refractivity contribution in [2.75, 3.05) is 5.75 Å². The van der Waals surface area contributed by atoms with E-state index in [-0.39, 0.29) is 0 Å². The fraction of sp³-hybridized carbons (Fsp3) is 1.00. The van der Waals surface area contributed by atoms with E-state index >= 15 is 0 Å². The zero-order valence-corrected chi connectivity index (χ0v) is 8.04. The molecule has 2 heteroatoms. The number of rotatable bonds is 5. The molecule has 0 saturated carbocycles. The largest absolute Gasteiger partial charge is 0.259 e. The molecule has 10 heavy (non-hydrogen) atoms. The fourth-order valence-electron chi connectivity index (χ4n) is 1.03. The van der Waals surface area contributed by atoms with Gasteiger partial charge in [-0.15, -0.1) is 0 Å². The molecule has 0 radical (unpaired) electrons. The summed E-state index contributed by atoms with van der Waals surface area (Å²) in [5.74, 6) is 0.881.